The molecule has 0 saturated carbocycles. The van der Waals surface area contributed by atoms with Crippen LogP contribution in [-0.4, -0.2) is 29.8 Å². The minimum Gasteiger partial charge on any atom is -0.457 e. The van der Waals surface area contributed by atoms with Crippen molar-refractivity contribution in [2.45, 2.75) is 26.7 Å². The molecule has 2 amide bonds. The molecule has 2 aromatic rings. The number of hydrogen-bond donors (Lipinski definition) is 1. The molecule has 2 aromatic carbocycles. The third-order valence-corrected chi connectivity index (χ3v) is 4.59. The van der Waals surface area contributed by atoms with Crippen LogP contribution in [0.5, 0.6) is 11.5 Å². The number of benzene rings is 2. The van der Waals surface area contributed by atoms with Crippen molar-refractivity contribution in [3.63, 3.8) is 0 Å². The highest BCUT2D eigenvalue weighted by Gasteiger charge is 2.39. The number of hydrogen-bond acceptors (Lipinski definition) is 3. The van der Waals surface area contributed by atoms with Crippen molar-refractivity contribution in [1.29, 1.82) is 0 Å². The summed E-state index contributed by atoms with van der Waals surface area (Å²) in [6.07, 6.45) is 2.01. The van der Waals surface area contributed by atoms with Gasteiger partial charge in [-0.05, 0) is 63.1 Å². The van der Waals surface area contributed by atoms with Crippen molar-refractivity contribution in [3.8, 4) is 11.5 Å². The van der Waals surface area contributed by atoms with Crippen LogP contribution in [0.25, 0.3) is 0 Å². The smallest absolute Gasteiger partial charge is 0.239 e. The summed E-state index contributed by atoms with van der Waals surface area (Å²) in [6, 6.07) is 16.6. The Morgan fingerprint density at radius 1 is 0.923 bits per heavy atom. The number of carbonyl (C=O) groups is 2. The fraction of sp³-hybridized carbons (Fsp3) is 0.333. The molecule has 26 heavy (non-hydrogen) atoms. The van der Waals surface area contributed by atoms with E-state index < -0.39 is 5.41 Å². The molecule has 0 atom stereocenters. The average molecular weight is 352 g/mol. The van der Waals surface area contributed by atoms with Crippen molar-refractivity contribution in [2.24, 2.45) is 5.41 Å². The first-order valence-electron chi connectivity index (χ1n) is 8.90. The van der Waals surface area contributed by atoms with Crippen LogP contribution in [0.4, 0.5) is 5.69 Å². The SMILES string of the molecule is CC(C)(C(=O)Nc1ccc(Oc2ccccc2)cc1)C(=O)N1CCCC1. The van der Waals surface area contributed by atoms with Crippen molar-refractivity contribution in [1.82, 2.24) is 4.90 Å². The van der Waals surface area contributed by atoms with Gasteiger partial charge in [0.05, 0.1) is 0 Å². The number of para-hydroxylation sites is 1. The Kier molecular flexibility index (Phi) is 5.26. The van der Waals surface area contributed by atoms with Crippen LogP contribution in [0.1, 0.15) is 26.7 Å². The molecular weight excluding hydrogens is 328 g/mol. The summed E-state index contributed by atoms with van der Waals surface area (Å²) in [5, 5.41) is 2.84. The first-order chi connectivity index (χ1) is 12.5. The highest BCUT2D eigenvalue weighted by Crippen LogP contribution is 2.26. The van der Waals surface area contributed by atoms with Crippen LogP contribution in [0.15, 0.2) is 54.6 Å². The molecule has 1 N–H and O–H groups in total. The first kappa shape index (κ1) is 18.0. The van der Waals surface area contributed by atoms with Crippen LogP contribution in [-0.2, 0) is 9.59 Å². The standard InChI is InChI=1S/C21H24N2O3/c1-21(2,20(25)23-14-6-7-15-23)19(24)22-16-10-12-18(13-11-16)26-17-8-4-3-5-9-17/h3-5,8-13H,6-7,14-15H2,1-2H3,(H,22,24). The Hall–Kier alpha value is -2.82. The molecule has 5 heteroatoms. The maximum Gasteiger partial charge on any atom is 0.239 e. The van der Waals surface area contributed by atoms with E-state index in [1.807, 2.05) is 30.3 Å². The van der Waals surface area contributed by atoms with Gasteiger partial charge < -0.3 is 15.0 Å². The van der Waals surface area contributed by atoms with E-state index in [0.29, 0.717) is 11.4 Å². The second-order valence-electron chi connectivity index (χ2n) is 7.02. The number of ether oxygens (including phenoxy) is 1. The number of likely N-dealkylation sites (tertiary alicyclic amines) is 1. The van der Waals surface area contributed by atoms with E-state index >= 15 is 0 Å². The molecule has 1 heterocycles. The van der Waals surface area contributed by atoms with E-state index in [-0.39, 0.29) is 11.8 Å². The van der Waals surface area contributed by atoms with Crippen molar-refractivity contribution >= 4 is 17.5 Å². The summed E-state index contributed by atoms with van der Waals surface area (Å²) in [5.41, 5.74) is -0.457. The van der Waals surface area contributed by atoms with Crippen molar-refractivity contribution in [2.75, 3.05) is 18.4 Å². The number of anilines is 1. The summed E-state index contributed by atoms with van der Waals surface area (Å²) in [5.74, 6) is 1.02. The molecule has 1 fully saturated rings. The van der Waals surface area contributed by atoms with Gasteiger partial charge in [0.15, 0.2) is 0 Å². The lowest BCUT2D eigenvalue weighted by molar-refractivity contribution is -0.145. The van der Waals surface area contributed by atoms with E-state index in [4.69, 9.17) is 4.74 Å². The highest BCUT2D eigenvalue weighted by atomic mass is 16.5. The summed E-state index contributed by atoms with van der Waals surface area (Å²) in [6.45, 7) is 4.83. The lowest BCUT2D eigenvalue weighted by Gasteiger charge is -2.28. The van der Waals surface area contributed by atoms with Crippen LogP contribution in [0.3, 0.4) is 0 Å². The van der Waals surface area contributed by atoms with Gasteiger partial charge in [0.1, 0.15) is 16.9 Å². The van der Waals surface area contributed by atoms with Gasteiger partial charge in [0.25, 0.3) is 0 Å². The maximum atomic E-state index is 12.6. The van der Waals surface area contributed by atoms with Gasteiger partial charge in [-0.1, -0.05) is 18.2 Å². The maximum absolute atomic E-state index is 12.6. The zero-order chi connectivity index (χ0) is 18.6. The van der Waals surface area contributed by atoms with E-state index in [1.54, 1.807) is 43.0 Å². The van der Waals surface area contributed by atoms with Crippen LogP contribution in [0.2, 0.25) is 0 Å². The van der Waals surface area contributed by atoms with E-state index in [9.17, 15) is 9.59 Å². The lowest BCUT2D eigenvalue weighted by atomic mass is 9.90. The molecule has 0 bridgehead atoms. The first-order valence-corrected chi connectivity index (χ1v) is 8.90. The van der Waals surface area contributed by atoms with Crippen LogP contribution < -0.4 is 10.1 Å². The molecule has 0 unspecified atom stereocenters. The van der Waals surface area contributed by atoms with Crippen LogP contribution >= 0.6 is 0 Å². The molecule has 0 aromatic heterocycles. The topological polar surface area (TPSA) is 58.6 Å². The third kappa shape index (κ3) is 4.04. The Bertz CT molecular complexity index is 764. The molecule has 3 rings (SSSR count). The largest absolute Gasteiger partial charge is 0.457 e. The van der Waals surface area contributed by atoms with E-state index in [1.165, 1.54) is 0 Å². The molecule has 136 valence electrons. The quantitative estimate of drug-likeness (QED) is 0.826. The van der Waals surface area contributed by atoms with Crippen molar-refractivity contribution < 1.29 is 14.3 Å². The molecule has 1 saturated heterocycles. The lowest BCUT2D eigenvalue weighted by Crippen LogP contribution is -2.46. The Morgan fingerprint density at radius 3 is 2.12 bits per heavy atom. The minimum absolute atomic E-state index is 0.114. The molecule has 0 radical (unpaired) electrons. The van der Waals surface area contributed by atoms with Gasteiger partial charge >= 0.3 is 0 Å². The predicted octanol–water partition coefficient (Wildman–Crippen LogP) is 4.07. The number of amides is 2. The van der Waals surface area contributed by atoms with E-state index in [0.717, 1.165) is 31.7 Å². The number of nitrogens with one attached hydrogen (secondary N) is 1. The molecule has 0 aliphatic carbocycles. The Balaban J connectivity index is 1.62. The summed E-state index contributed by atoms with van der Waals surface area (Å²) >= 11 is 0. The van der Waals surface area contributed by atoms with Gasteiger partial charge in [0, 0.05) is 18.8 Å². The van der Waals surface area contributed by atoms with Gasteiger partial charge in [-0.2, -0.15) is 0 Å². The molecule has 1 aliphatic rings. The molecular formula is C21H24N2O3. The summed E-state index contributed by atoms with van der Waals surface area (Å²) < 4.78 is 5.74. The van der Waals surface area contributed by atoms with Crippen molar-refractivity contribution in [3.05, 3.63) is 54.6 Å². The normalized spacial score (nSPS) is 14.2. The minimum atomic E-state index is -1.09. The highest BCUT2D eigenvalue weighted by molar-refractivity contribution is 6.09. The molecule has 1 aliphatic heterocycles. The van der Waals surface area contributed by atoms with E-state index in [2.05, 4.69) is 5.32 Å². The number of rotatable bonds is 5. The summed E-state index contributed by atoms with van der Waals surface area (Å²) in [4.78, 5) is 27.0. The molecule has 0 spiro atoms. The fourth-order valence-corrected chi connectivity index (χ4v) is 2.93. The Labute approximate surface area is 154 Å². The van der Waals surface area contributed by atoms with Gasteiger partial charge in [-0.15, -0.1) is 0 Å². The molecule has 5 nitrogen and oxygen atoms in total. The zero-order valence-corrected chi connectivity index (χ0v) is 15.2. The monoisotopic (exact) mass is 352 g/mol. The average Bonchev–Trinajstić information content (AvgIpc) is 3.18. The number of nitrogens with zero attached hydrogens (tertiary/aromatic N) is 1. The van der Waals surface area contributed by atoms with Crippen LogP contribution in [0, 0.1) is 5.41 Å². The third-order valence-electron chi connectivity index (χ3n) is 4.59. The predicted molar refractivity (Wildman–Crippen MR) is 101 cm³/mol. The summed E-state index contributed by atoms with van der Waals surface area (Å²) in [7, 11) is 0. The van der Waals surface area contributed by atoms with Gasteiger partial charge in [0.2, 0.25) is 11.8 Å². The van der Waals surface area contributed by atoms with Gasteiger partial charge in [-0.25, -0.2) is 0 Å². The Morgan fingerprint density at radius 2 is 1.50 bits per heavy atom. The number of carbonyl (C=O) groups excluding carboxylic acids is 2. The second kappa shape index (κ2) is 7.60. The van der Waals surface area contributed by atoms with Gasteiger partial charge in [-0.3, -0.25) is 9.59 Å². The fourth-order valence-electron chi connectivity index (χ4n) is 2.93. The zero-order valence-electron chi connectivity index (χ0n) is 15.2. The second-order valence-corrected chi connectivity index (χ2v) is 7.02.